The Morgan fingerprint density at radius 1 is 1.05 bits per heavy atom. The van der Waals surface area contributed by atoms with Crippen LogP contribution in [0.1, 0.15) is 13.8 Å². The molecule has 0 radical (unpaired) electrons. The molecule has 0 spiro atoms. The van der Waals surface area contributed by atoms with Crippen molar-refractivity contribution in [3.8, 4) is 17.2 Å². The molecule has 0 unspecified atom stereocenters. The average Bonchev–Trinajstić information content (AvgIpc) is 2.37. The molecule has 2 aromatic carbocycles. The molecular formula is C15H14ClF2NO2. The van der Waals surface area contributed by atoms with E-state index in [9.17, 15) is 8.78 Å². The van der Waals surface area contributed by atoms with Crippen molar-refractivity contribution in [1.82, 2.24) is 0 Å². The SMILES string of the molecule is CC(C)Oc1cc(Oc2ccc(F)cc2Cl)c(N)cc1F. The van der Waals surface area contributed by atoms with E-state index in [-0.39, 0.29) is 34.1 Å². The highest BCUT2D eigenvalue weighted by atomic mass is 35.5. The van der Waals surface area contributed by atoms with Crippen LogP contribution < -0.4 is 15.2 Å². The van der Waals surface area contributed by atoms with Gasteiger partial charge in [-0.1, -0.05) is 11.6 Å². The minimum atomic E-state index is -0.584. The molecule has 6 heteroatoms. The van der Waals surface area contributed by atoms with Crippen LogP contribution in [0.15, 0.2) is 30.3 Å². The predicted octanol–water partition coefficient (Wildman–Crippen LogP) is 4.78. The molecule has 112 valence electrons. The van der Waals surface area contributed by atoms with E-state index in [1.165, 1.54) is 18.2 Å². The van der Waals surface area contributed by atoms with Gasteiger partial charge >= 0.3 is 0 Å². The van der Waals surface area contributed by atoms with Crippen molar-refractivity contribution in [3.63, 3.8) is 0 Å². The normalized spacial score (nSPS) is 10.8. The molecule has 2 N–H and O–H groups in total. The van der Waals surface area contributed by atoms with Gasteiger partial charge in [0.2, 0.25) is 0 Å². The van der Waals surface area contributed by atoms with E-state index in [1.807, 2.05) is 0 Å². The van der Waals surface area contributed by atoms with E-state index < -0.39 is 11.6 Å². The van der Waals surface area contributed by atoms with Gasteiger partial charge in [-0.3, -0.25) is 0 Å². The van der Waals surface area contributed by atoms with Gasteiger partial charge in [0.05, 0.1) is 16.8 Å². The molecule has 0 saturated heterocycles. The maximum absolute atomic E-state index is 13.7. The molecule has 0 saturated carbocycles. The van der Waals surface area contributed by atoms with Crippen molar-refractivity contribution in [2.45, 2.75) is 20.0 Å². The fourth-order valence-corrected chi connectivity index (χ4v) is 1.87. The van der Waals surface area contributed by atoms with Crippen LogP contribution in [0.4, 0.5) is 14.5 Å². The molecule has 0 aromatic heterocycles. The Bertz CT molecular complexity index is 662. The largest absolute Gasteiger partial charge is 0.488 e. The zero-order chi connectivity index (χ0) is 15.6. The third-order valence-electron chi connectivity index (χ3n) is 2.54. The molecule has 0 fully saturated rings. The lowest BCUT2D eigenvalue weighted by atomic mass is 10.2. The molecule has 0 aliphatic heterocycles. The number of anilines is 1. The summed E-state index contributed by atoms with van der Waals surface area (Å²) in [7, 11) is 0. The van der Waals surface area contributed by atoms with Crippen molar-refractivity contribution in [1.29, 1.82) is 0 Å². The summed E-state index contributed by atoms with van der Waals surface area (Å²) in [6.07, 6.45) is -0.203. The molecule has 3 nitrogen and oxygen atoms in total. The van der Waals surface area contributed by atoms with Crippen LogP contribution in [0.3, 0.4) is 0 Å². The quantitative estimate of drug-likeness (QED) is 0.826. The van der Waals surface area contributed by atoms with Gasteiger partial charge in [0.15, 0.2) is 17.3 Å². The summed E-state index contributed by atoms with van der Waals surface area (Å²) in [4.78, 5) is 0. The highest BCUT2D eigenvalue weighted by Gasteiger charge is 2.13. The second-order valence-corrected chi connectivity index (χ2v) is 5.07. The molecular weight excluding hydrogens is 300 g/mol. The lowest BCUT2D eigenvalue weighted by Gasteiger charge is -2.15. The summed E-state index contributed by atoms with van der Waals surface area (Å²) >= 11 is 5.88. The van der Waals surface area contributed by atoms with Crippen molar-refractivity contribution in [3.05, 3.63) is 47.0 Å². The summed E-state index contributed by atoms with van der Waals surface area (Å²) in [6, 6.07) is 6.12. The van der Waals surface area contributed by atoms with E-state index in [0.29, 0.717) is 0 Å². The van der Waals surface area contributed by atoms with Crippen LogP contribution in [0.5, 0.6) is 17.2 Å². The molecule has 0 heterocycles. The monoisotopic (exact) mass is 313 g/mol. The van der Waals surface area contributed by atoms with Gasteiger partial charge in [0.25, 0.3) is 0 Å². The van der Waals surface area contributed by atoms with E-state index in [4.69, 9.17) is 26.8 Å². The van der Waals surface area contributed by atoms with Crippen LogP contribution in [-0.2, 0) is 0 Å². The van der Waals surface area contributed by atoms with Gasteiger partial charge in [0.1, 0.15) is 11.6 Å². The molecule has 0 bridgehead atoms. The fourth-order valence-electron chi connectivity index (χ4n) is 1.66. The van der Waals surface area contributed by atoms with E-state index in [0.717, 1.165) is 12.1 Å². The zero-order valence-electron chi connectivity index (χ0n) is 11.5. The number of ether oxygens (including phenoxy) is 2. The summed E-state index contributed by atoms with van der Waals surface area (Å²) in [6.45, 7) is 3.54. The predicted molar refractivity (Wildman–Crippen MR) is 78.1 cm³/mol. The first-order valence-corrected chi connectivity index (χ1v) is 6.63. The zero-order valence-corrected chi connectivity index (χ0v) is 12.2. The Hall–Kier alpha value is -2.01. The van der Waals surface area contributed by atoms with Crippen LogP contribution in [0.25, 0.3) is 0 Å². The summed E-state index contributed by atoms with van der Waals surface area (Å²) in [5.74, 6) is -0.651. The van der Waals surface area contributed by atoms with Gasteiger partial charge in [-0.2, -0.15) is 0 Å². The second-order valence-electron chi connectivity index (χ2n) is 4.66. The number of halogens is 3. The maximum Gasteiger partial charge on any atom is 0.167 e. The number of benzene rings is 2. The average molecular weight is 314 g/mol. The van der Waals surface area contributed by atoms with Crippen LogP contribution >= 0.6 is 11.6 Å². The molecule has 0 atom stereocenters. The summed E-state index contributed by atoms with van der Waals surface area (Å²) < 4.78 is 37.5. The number of hydrogen-bond acceptors (Lipinski definition) is 3. The standard InChI is InChI=1S/C15H14ClF2NO2/c1-8(2)20-14-7-15(12(19)6-11(14)18)21-13-4-3-9(17)5-10(13)16/h3-8H,19H2,1-2H3. The number of nitrogens with two attached hydrogens (primary N) is 1. The van der Waals surface area contributed by atoms with Crippen molar-refractivity contribution >= 4 is 17.3 Å². The molecule has 0 aliphatic carbocycles. The Morgan fingerprint density at radius 2 is 1.76 bits per heavy atom. The molecule has 0 amide bonds. The Labute approximate surface area is 126 Å². The minimum absolute atomic E-state index is 0.0208. The van der Waals surface area contributed by atoms with Gasteiger partial charge in [-0.05, 0) is 32.0 Å². The van der Waals surface area contributed by atoms with Crippen LogP contribution in [0.2, 0.25) is 5.02 Å². The van der Waals surface area contributed by atoms with Crippen LogP contribution in [0, 0.1) is 11.6 Å². The second kappa shape index (κ2) is 6.18. The first kappa shape index (κ1) is 15.4. The topological polar surface area (TPSA) is 44.5 Å². The van der Waals surface area contributed by atoms with Crippen molar-refractivity contribution < 1.29 is 18.3 Å². The summed E-state index contributed by atoms with van der Waals surface area (Å²) in [5.41, 5.74) is 5.80. The molecule has 2 aromatic rings. The maximum atomic E-state index is 13.7. The van der Waals surface area contributed by atoms with E-state index in [2.05, 4.69) is 0 Å². The first-order valence-electron chi connectivity index (χ1n) is 6.25. The summed E-state index contributed by atoms with van der Waals surface area (Å²) in [5, 5.41) is 0.0880. The van der Waals surface area contributed by atoms with Crippen LogP contribution in [-0.4, -0.2) is 6.10 Å². The fraction of sp³-hybridized carbons (Fsp3) is 0.200. The van der Waals surface area contributed by atoms with Crippen molar-refractivity contribution in [2.24, 2.45) is 0 Å². The van der Waals surface area contributed by atoms with Gasteiger partial charge < -0.3 is 15.2 Å². The van der Waals surface area contributed by atoms with Crippen molar-refractivity contribution in [2.75, 3.05) is 5.73 Å². The smallest absolute Gasteiger partial charge is 0.167 e. The Balaban J connectivity index is 2.34. The Kier molecular flexibility index (Phi) is 4.53. The van der Waals surface area contributed by atoms with Gasteiger partial charge in [0, 0.05) is 12.1 Å². The van der Waals surface area contributed by atoms with Gasteiger partial charge in [-0.25, -0.2) is 8.78 Å². The third kappa shape index (κ3) is 3.76. The Morgan fingerprint density at radius 3 is 2.38 bits per heavy atom. The number of nitrogen functional groups attached to an aromatic ring is 1. The van der Waals surface area contributed by atoms with E-state index >= 15 is 0 Å². The number of hydrogen-bond donors (Lipinski definition) is 1. The lowest BCUT2D eigenvalue weighted by Crippen LogP contribution is -2.07. The van der Waals surface area contributed by atoms with E-state index in [1.54, 1.807) is 13.8 Å². The minimum Gasteiger partial charge on any atom is -0.488 e. The molecule has 0 aliphatic rings. The lowest BCUT2D eigenvalue weighted by molar-refractivity contribution is 0.230. The molecule has 21 heavy (non-hydrogen) atoms. The highest BCUT2D eigenvalue weighted by molar-refractivity contribution is 6.32. The van der Waals surface area contributed by atoms with Gasteiger partial charge in [-0.15, -0.1) is 0 Å². The highest BCUT2D eigenvalue weighted by Crippen LogP contribution is 2.36. The molecule has 2 rings (SSSR count). The first-order chi connectivity index (χ1) is 9.86. The number of rotatable bonds is 4. The third-order valence-corrected chi connectivity index (χ3v) is 2.84.